The van der Waals surface area contributed by atoms with Crippen LogP contribution in [0.3, 0.4) is 0 Å². The first-order valence-corrected chi connectivity index (χ1v) is 2.21. The molecule has 1 unspecified atom stereocenters. The highest BCUT2D eigenvalue weighted by atomic mass is 16.5. The van der Waals surface area contributed by atoms with Crippen LogP contribution in [0.5, 0.6) is 0 Å². The smallest absolute Gasteiger partial charge is 0.169 e. The van der Waals surface area contributed by atoms with E-state index in [1.165, 1.54) is 0 Å². The minimum absolute atomic E-state index is 0.389. The Hall–Kier alpha value is -0.410. The summed E-state index contributed by atoms with van der Waals surface area (Å²) in [6.45, 7) is 4.27. The van der Waals surface area contributed by atoms with Gasteiger partial charge in [-0.1, -0.05) is 0 Å². The molecule has 0 spiro atoms. The first kappa shape index (κ1) is 7.59. The Balaban J connectivity index is 3.80. The number of hydrogen-bond acceptors (Lipinski definition) is 3. The third kappa shape index (κ3) is 2.04. The van der Waals surface area contributed by atoms with E-state index in [1.54, 1.807) is 0 Å². The maximum absolute atomic E-state index is 9.77. The lowest BCUT2D eigenvalue weighted by atomic mass is 10.1. The molecular formula is C5H9O3. The number of rotatable bonds is 2. The van der Waals surface area contributed by atoms with Gasteiger partial charge in [0.15, 0.2) is 5.79 Å². The first-order chi connectivity index (χ1) is 3.48. The van der Waals surface area contributed by atoms with Gasteiger partial charge in [0.25, 0.3) is 0 Å². The quantitative estimate of drug-likeness (QED) is 0.373. The van der Waals surface area contributed by atoms with Crippen molar-refractivity contribution in [1.29, 1.82) is 0 Å². The largest absolute Gasteiger partial charge is 0.365 e. The molecule has 2 N–H and O–H groups in total. The summed E-state index contributed by atoms with van der Waals surface area (Å²) in [6.07, 6.45) is 0.389. The van der Waals surface area contributed by atoms with E-state index in [1.807, 2.05) is 0 Å². The molecule has 0 aliphatic rings. The molecule has 0 aromatic rings. The summed E-state index contributed by atoms with van der Waals surface area (Å²) < 4.78 is 0. The predicted molar refractivity (Wildman–Crippen MR) is 27.8 cm³/mol. The van der Waals surface area contributed by atoms with E-state index in [0.717, 1.165) is 6.92 Å². The lowest BCUT2D eigenvalue weighted by Gasteiger charge is -2.17. The number of carbonyl (C=O) groups excluding carboxylic acids is 1. The van der Waals surface area contributed by atoms with Crippen LogP contribution in [0.4, 0.5) is 0 Å². The fourth-order valence-electron chi connectivity index (χ4n) is 0.129. The van der Waals surface area contributed by atoms with Crippen molar-refractivity contribution in [3.8, 4) is 0 Å². The van der Waals surface area contributed by atoms with Gasteiger partial charge in [-0.2, -0.15) is 0 Å². The van der Waals surface area contributed by atoms with Gasteiger partial charge >= 0.3 is 0 Å². The number of aliphatic hydroxyl groups is 2. The third-order valence-corrected chi connectivity index (χ3v) is 0.867. The number of carbonyl (C=O) groups is 1. The van der Waals surface area contributed by atoms with E-state index in [-0.39, 0.29) is 0 Å². The van der Waals surface area contributed by atoms with E-state index in [9.17, 15) is 4.79 Å². The number of aldehydes is 1. The van der Waals surface area contributed by atoms with Crippen LogP contribution in [0.15, 0.2) is 0 Å². The Labute approximate surface area is 47.9 Å². The Kier molecular flexibility index (Phi) is 2.12. The first-order valence-electron chi connectivity index (χ1n) is 2.21. The lowest BCUT2D eigenvalue weighted by Crippen LogP contribution is -2.33. The predicted octanol–water partition coefficient (Wildman–Crippen LogP) is -0.664. The van der Waals surface area contributed by atoms with Crippen molar-refractivity contribution in [3.05, 3.63) is 6.92 Å². The molecule has 0 fully saturated rings. The van der Waals surface area contributed by atoms with Gasteiger partial charge in [0.1, 0.15) is 6.29 Å². The Morgan fingerprint density at radius 3 is 2.12 bits per heavy atom. The summed E-state index contributed by atoms with van der Waals surface area (Å²) in [5, 5.41) is 17.1. The van der Waals surface area contributed by atoms with E-state index >= 15 is 0 Å². The van der Waals surface area contributed by atoms with Crippen LogP contribution in [0.1, 0.15) is 6.92 Å². The molecular weight excluding hydrogens is 108 g/mol. The molecule has 8 heavy (non-hydrogen) atoms. The summed E-state index contributed by atoms with van der Waals surface area (Å²) in [5.41, 5.74) is 0. The maximum atomic E-state index is 9.77. The summed E-state index contributed by atoms with van der Waals surface area (Å²) in [7, 11) is 0. The molecule has 47 valence electrons. The van der Waals surface area contributed by atoms with Crippen molar-refractivity contribution in [2.75, 3.05) is 0 Å². The van der Waals surface area contributed by atoms with Gasteiger partial charge in [-0.3, -0.25) is 0 Å². The SMILES string of the molecule is [CH2]C(C=O)C(C)(O)O. The molecule has 3 nitrogen and oxygen atoms in total. The second-order valence-electron chi connectivity index (χ2n) is 1.84. The Bertz CT molecular complexity index is 82.2. The highest BCUT2D eigenvalue weighted by molar-refractivity contribution is 5.55. The molecule has 0 saturated carbocycles. The topological polar surface area (TPSA) is 57.5 Å². The molecule has 0 amide bonds. The maximum Gasteiger partial charge on any atom is 0.169 e. The summed E-state index contributed by atoms with van der Waals surface area (Å²) in [5.74, 6) is -2.94. The van der Waals surface area contributed by atoms with Crippen LogP contribution in [0, 0.1) is 12.8 Å². The van der Waals surface area contributed by atoms with Gasteiger partial charge in [-0.05, 0) is 13.8 Å². The molecule has 0 aliphatic carbocycles. The van der Waals surface area contributed by atoms with E-state index < -0.39 is 11.7 Å². The molecule has 3 heteroatoms. The van der Waals surface area contributed by atoms with Crippen molar-refractivity contribution in [2.24, 2.45) is 5.92 Å². The van der Waals surface area contributed by atoms with Crippen LogP contribution >= 0.6 is 0 Å². The summed E-state index contributed by atoms with van der Waals surface area (Å²) >= 11 is 0. The van der Waals surface area contributed by atoms with Crippen LogP contribution in [0.2, 0.25) is 0 Å². The summed E-state index contributed by atoms with van der Waals surface area (Å²) in [4.78, 5) is 9.77. The van der Waals surface area contributed by atoms with Gasteiger partial charge in [-0.25, -0.2) is 0 Å². The molecule has 0 rings (SSSR count). The van der Waals surface area contributed by atoms with Gasteiger partial charge < -0.3 is 15.0 Å². The molecule has 0 bridgehead atoms. The lowest BCUT2D eigenvalue weighted by molar-refractivity contribution is -0.173. The zero-order valence-electron chi connectivity index (χ0n) is 4.66. The van der Waals surface area contributed by atoms with E-state index in [0.29, 0.717) is 6.29 Å². The van der Waals surface area contributed by atoms with Crippen LogP contribution in [0.25, 0.3) is 0 Å². The zero-order chi connectivity index (χ0) is 6.78. The molecule has 0 saturated heterocycles. The summed E-state index contributed by atoms with van der Waals surface area (Å²) in [6, 6.07) is 0. The highest BCUT2D eigenvalue weighted by Crippen LogP contribution is 2.07. The average Bonchev–Trinajstić information content (AvgIpc) is 1.62. The molecule has 0 aromatic heterocycles. The van der Waals surface area contributed by atoms with Gasteiger partial charge in [0.05, 0.1) is 5.92 Å². The fraction of sp³-hybridized carbons (Fsp3) is 0.600. The minimum Gasteiger partial charge on any atom is -0.365 e. The van der Waals surface area contributed by atoms with Gasteiger partial charge in [-0.15, -0.1) is 0 Å². The minimum atomic E-state index is -1.97. The standard InChI is InChI=1S/C5H9O3/c1-4(3-6)5(2,7)8/h3-4,7-8H,1H2,2H3. The Morgan fingerprint density at radius 2 is 2.12 bits per heavy atom. The van der Waals surface area contributed by atoms with Crippen molar-refractivity contribution in [1.82, 2.24) is 0 Å². The monoisotopic (exact) mass is 117 g/mol. The normalized spacial score (nSPS) is 15.5. The van der Waals surface area contributed by atoms with Gasteiger partial charge in [0.2, 0.25) is 0 Å². The van der Waals surface area contributed by atoms with E-state index in [2.05, 4.69) is 6.92 Å². The van der Waals surface area contributed by atoms with Crippen LogP contribution in [-0.2, 0) is 4.79 Å². The molecule has 1 radical (unpaired) electrons. The Morgan fingerprint density at radius 1 is 1.75 bits per heavy atom. The van der Waals surface area contributed by atoms with Crippen molar-refractivity contribution in [2.45, 2.75) is 12.7 Å². The van der Waals surface area contributed by atoms with Crippen molar-refractivity contribution >= 4 is 6.29 Å². The fourth-order valence-corrected chi connectivity index (χ4v) is 0.129. The second kappa shape index (κ2) is 2.24. The molecule has 0 heterocycles. The van der Waals surface area contributed by atoms with Crippen LogP contribution in [-0.4, -0.2) is 22.3 Å². The average molecular weight is 117 g/mol. The third-order valence-electron chi connectivity index (χ3n) is 0.867. The van der Waals surface area contributed by atoms with Crippen molar-refractivity contribution in [3.63, 3.8) is 0 Å². The van der Waals surface area contributed by atoms with Gasteiger partial charge in [0, 0.05) is 0 Å². The second-order valence-corrected chi connectivity index (χ2v) is 1.84. The highest BCUT2D eigenvalue weighted by Gasteiger charge is 2.23. The van der Waals surface area contributed by atoms with E-state index in [4.69, 9.17) is 10.2 Å². The van der Waals surface area contributed by atoms with Crippen molar-refractivity contribution < 1.29 is 15.0 Å². The number of hydrogen-bond donors (Lipinski definition) is 2. The molecule has 0 aromatic carbocycles. The zero-order valence-corrected chi connectivity index (χ0v) is 4.66. The van der Waals surface area contributed by atoms with Crippen LogP contribution < -0.4 is 0 Å². The molecule has 1 atom stereocenters. The molecule has 0 aliphatic heterocycles.